The molecule has 28 heavy (non-hydrogen) atoms. The quantitative estimate of drug-likeness (QED) is 0.411. The van der Waals surface area contributed by atoms with Crippen LogP contribution in [0.25, 0.3) is 0 Å². The summed E-state index contributed by atoms with van der Waals surface area (Å²) in [5.74, 6) is 2.35. The summed E-state index contributed by atoms with van der Waals surface area (Å²) >= 11 is 0. The molecule has 0 aliphatic rings. The van der Waals surface area contributed by atoms with Crippen molar-refractivity contribution in [2.45, 2.75) is 41.5 Å². The van der Waals surface area contributed by atoms with E-state index in [4.69, 9.17) is 13.6 Å². The zero-order valence-electron chi connectivity index (χ0n) is 17.4. The van der Waals surface area contributed by atoms with E-state index < -0.39 is 8.60 Å². The van der Waals surface area contributed by atoms with Crippen LogP contribution in [0.3, 0.4) is 0 Å². The number of aryl methyl sites for hydroxylation is 6. The fourth-order valence-corrected chi connectivity index (χ4v) is 4.67. The molecule has 0 bridgehead atoms. The van der Waals surface area contributed by atoms with Gasteiger partial charge in [-0.25, -0.2) is 0 Å². The van der Waals surface area contributed by atoms with Crippen molar-refractivity contribution >= 4 is 8.60 Å². The molecule has 0 radical (unpaired) electrons. The first-order chi connectivity index (χ1) is 13.3. The fourth-order valence-electron chi connectivity index (χ4n) is 3.39. The monoisotopic (exact) mass is 394 g/mol. The molecule has 0 aliphatic heterocycles. The molecule has 3 nitrogen and oxygen atoms in total. The van der Waals surface area contributed by atoms with Crippen LogP contribution < -0.4 is 13.6 Å². The minimum Gasteiger partial charge on any atom is -0.409 e. The molecule has 0 aliphatic carbocycles. The van der Waals surface area contributed by atoms with E-state index in [1.165, 1.54) is 11.1 Å². The van der Waals surface area contributed by atoms with E-state index in [0.29, 0.717) is 0 Å². The summed E-state index contributed by atoms with van der Waals surface area (Å²) in [6, 6.07) is 18.1. The van der Waals surface area contributed by atoms with Gasteiger partial charge < -0.3 is 13.6 Å². The first-order valence-electron chi connectivity index (χ1n) is 9.38. The minimum absolute atomic E-state index is 0.721. The number of hydrogen-bond acceptors (Lipinski definition) is 3. The standard InChI is InChI=1S/C24H27O3P/c1-16-12-18(3)23(19(4)13-16)26-28(25-22-10-8-7-9-11-22)27-24-20(5)14-17(2)15-21(24)6/h7-15H,1-6H3. The van der Waals surface area contributed by atoms with Gasteiger partial charge in [0.15, 0.2) is 0 Å². The highest BCUT2D eigenvalue weighted by molar-refractivity contribution is 7.43. The Bertz CT molecular complexity index is 861. The lowest BCUT2D eigenvalue weighted by atomic mass is 10.1. The maximum atomic E-state index is 6.30. The Hall–Kier alpha value is -2.51. The molecule has 0 aromatic heterocycles. The van der Waals surface area contributed by atoms with Gasteiger partial charge >= 0.3 is 8.60 Å². The van der Waals surface area contributed by atoms with Gasteiger partial charge in [-0.2, -0.15) is 0 Å². The normalized spacial score (nSPS) is 10.8. The lowest BCUT2D eigenvalue weighted by Crippen LogP contribution is -2.06. The molecule has 0 heterocycles. The molecule has 0 atom stereocenters. The van der Waals surface area contributed by atoms with Crippen molar-refractivity contribution in [3.05, 3.63) is 88.0 Å². The lowest BCUT2D eigenvalue weighted by Gasteiger charge is -2.22. The van der Waals surface area contributed by atoms with E-state index in [2.05, 4.69) is 38.1 Å². The Morgan fingerprint density at radius 2 is 0.929 bits per heavy atom. The highest BCUT2D eigenvalue weighted by Crippen LogP contribution is 2.46. The molecule has 3 aromatic carbocycles. The van der Waals surface area contributed by atoms with Gasteiger partial charge in [0, 0.05) is 0 Å². The van der Waals surface area contributed by atoms with Gasteiger partial charge in [-0.1, -0.05) is 53.6 Å². The Labute approximate surface area is 169 Å². The molecule has 3 aromatic rings. The number of hydrogen-bond donors (Lipinski definition) is 0. The van der Waals surface area contributed by atoms with Gasteiger partial charge in [0.1, 0.15) is 17.2 Å². The van der Waals surface area contributed by atoms with Crippen molar-refractivity contribution in [2.24, 2.45) is 0 Å². The highest BCUT2D eigenvalue weighted by Gasteiger charge is 2.23. The molecule has 0 saturated heterocycles. The molecular weight excluding hydrogens is 367 g/mol. The summed E-state index contributed by atoms with van der Waals surface area (Å²) in [5.41, 5.74) is 6.71. The van der Waals surface area contributed by atoms with Crippen molar-refractivity contribution in [3.63, 3.8) is 0 Å². The maximum Gasteiger partial charge on any atom is 0.530 e. The highest BCUT2D eigenvalue weighted by atomic mass is 31.2. The van der Waals surface area contributed by atoms with Crippen LogP contribution in [0.2, 0.25) is 0 Å². The maximum absolute atomic E-state index is 6.30. The lowest BCUT2D eigenvalue weighted by molar-refractivity contribution is 0.383. The summed E-state index contributed by atoms with van der Waals surface area (Å²) in [6.07, 6.45) is 0. The van der Waals surface area contributed by atoms with Crippen LogP contribution in [0, 0.1) is 41.5 Å². The van der Waals surface area contributed by atoms with E-state index in [1.807, 2.05) is 58.0 Å². The molecule has 146 valence electrons. The minimum atomic E-state index is -1.67. The zero-order chi connectivity index (χ0) is 20.3. The molecule has 0 unspecified atom stereocenters. The van der Waals surface area contributed by atoms with Gasteiger partial charge in [0.25, 0.3) is 0 Å². The summed E-state index contributed by atoms with van der Waals surface area (Å²) in [4.78, 5) is 0. The van der Waals surface area contributed by atoms with Crippen LogP contribution in [0.1, 0.15) is 33.4 Å². The number of para-hydroxylation sites is 1. The summed E-state index contributed by atoms with van der Waals surface area (Å²) < 4.78 is 18.7. The zero-order valence-corrected chi connectivity index (χ0v) is 18.3. The van der Waals surface area contributed by atoms with E-state index in [-0.39, 0.29) is 0 Å². The second-order valence-electron chi connectivity index (χ2n) is 7.27. The summed E-state index contributed by atoms with van der Waals surface area (Å²) in [6.45, 7) is 12.4. The fraction of sp³-hybridized carbons (Fsp3) is 0.250. The van der Waals surface area contributed by atoms with Gasteiger partial charge in [-0.05, 0) is 75.9 Å². The SMILES string of the molecule is Cc1cc(C)c(OP(Oc2ccccc2)Oc2c(C)cc(C)cc2C)c(C)c1. The van der Waals surface area contributed by atoms with Crippen LogP contribution >= 0.6 is 8.60 Å². The van der Waals surface area contributed by atoms with Gasteiger partial charge in [-0.15, -0.1) is 0 Å². The van der Waals surface area contributed by atoms with Gasteiger partial charge in [-0.3, -0.25) is 0 Å². The van der Waals surface area contributed by atoms with Crippen LogP contribution in [0.5, 0.6) is 17.2 Å². The average molecular weight is 394 g/mol. The van der Waals surface area contributed by atoms with Crippen molar-refractivity contribution < 1.29 is 13.6 Å². The number of rotatable bonds is 6. The molecule has 0 amide bonds. The predicted molar refractivity (Wildman–Crippen MR) is 117 cm³/mol. The second kappa shape index (κ2) is 8.67. The van der Waals surface area contributed by atoms with Crippen molar-refractivity contribution in [2.75, 3.05) is 0 Å². The Morgan fingerprint density at radius 3 is 1.32 bits per heavy atom. The smallest absolute Gasteiger partial charge is 0.409 e. The summed E-state index contributed by atoms with van der Waals surface area (Å²) in [5, 5.41) is 0. The largest absolute Gasteiger partial charge is 0.530 e. The first-order valence-corrected chi connectivity index (χ1v) is 10.5. The van der Waals surface area contributed by atoms with E-state index >= 15 is 0 Å². The molecular formula is C24H27O3P. The third-order valence-electron chi connectivity index (χ3n) is 4.46. The van der Waals surface area contributed by atoms with Crippen LogP contribution in [0.15, 0.2) is 54.6 Å². The predicted octanol–water partition coefficient (Wildman–Crippen LogP) is 7.30. The van der Waals surface area contributed by atoms with Crippen LogP contribution in [-0.4, -0.2) is 0 Å². The van der Waals surface area contributed by atoms with Crippen molar-refractivity contribution in [3.8, 4) is 17.2 Å². The Morgan fingerprint density at radius 1 is 0.536 bits per heavy atom. The van der Waals surface area contributed by atoms with E-state index in [0.717, 1.165) is 39.5 Å². The Balaban J connectivity index is 1.94. The summed E-state index contributed by atoms with van der Waals surface area (Å²) in [7, 11) is -1.67. The van der Waals surface area contributed by atoms with Gasteiger partial charge in [0.2, 0.25) is 0 Å². The second-order valence-corrected chi connectivity index (χ2v) is 8.26. The number of benzene rings is 3. The molecule has 4 heteroatoms. The van der Waals surface area contributed by atoms with Gasteiger partial charge in [0.05, 0.1) is 0 Å². The first kappa shape index (κ1) is 20.2. The Kier molecular flexibility index (Phi) is 6.26. The third-order valence-corrected chi connectivity index (χ3v) is 5.49. The molecule has 0 spiro atoms. The van der Waals surface area contributed by atoms with Crippen molar-refractivity contribution in [1.29, 1.82) is 0 Å². The molecule has 0 saturated carbocycles. The molecule has 0 N–H and O–H groups in total. The van der Waals surface area contributed by atoms with Crippen LogP contribution in [-0.2, 0) is 0 Å². The van der Waals surface area contributed by atoms with Crippen LogP contribution in [0.4, 0.5) is 0 Å². The topological polar surface area (TPSA) is 27.7 Å². The van der Waals surface area contributed by atoms with E-state index in [9.17, 15) is 0 Å². The average Bonchev–Trinajstić information content (AvgIpc) is 2.61. The van der Waals surface area contributed by atoms with Crippen molar-refractivity contribution in [1.82, 2.24) is 0 Å². The molecule has 0 fully saturated rings. The molecule has 3 rings (SSSR count). The van der Waals surface area contributed by atoms with E-state index in [1.54, 1.807) is 0 Å². The third kappa shape index (κ3) is 4.85.